The molecule has 2 aromatic rings. The highest BCUT2D eigenvalue weighted by atomic mass is 16.4. The Morgan fingerprint density at radius 3 is 2.69 bits per heavy atom. The fourth-order valence-electron chi connectivity index (χ4n) is 1.57. The van der Waals surface area contributed by atoms with Crippen LogP contribution in [-0.4, -0.2) is 26.0 Å². The Morgan fingerprint density at radius 1 is 1.38 bits per heavy atom. The molecule has 2 rings (SSSR count). The second-order valence-electron chi connectivity index (χ2n) is 3.38. The Bertz CT molecular complexity index is 453. The molecule has 0 radical (unpaired) electrons. The van der Waals surface area contributed by atoms with Crippen LogP contribution in [0.5, 0.6) is 0 Å². The molecule has 2 aromatic heterocycles. The van der Waals surface area contributed by atoms with E-state index >= 15 is 0 Å². The highest BCUT2D eigenvalue weighted by molar-refractivity contribution is 5.68. The van der Waals surface area contributed by atoms with Crippen LogP contribution < -0.4 is 0 Å². The number of carboxylic acids is 1. The van der Waals surface area contributed by atoms with Gasteiger partial charge in [-0.05, 0) is 18.2 Å². The quantitative estimate of drug-likeness (QED) is 0.811. The summed E-state index contributed by atoms with van der Waals surface area (Å²) in [6.45, 7) is 0. The first-order valence-electron chi connectivity index (χ1n) is 4.89. The van der Waals surface area contributed by atoms with Gasteiger partial charge in [-0.3, -0.25) is 4.79 Å². The molecule has 0 aliphatic carbocycles. The Hall–Kier alpha value is -2.17. The molecule has 0 saturated carbocycles. The predicted molar refractivity (Wildman–Crippen MR) is 56.9 cm³/mol. The Labute approximate surface area is 92.2 Å². The Kier molecular flexibility index (Phi) is 2.95. The number of hydrogen-bond acceptors (Lipinski definition) is 3. The van der Waals surface area contributed by atoms with E-state index in [1.54, 1.807) is 24.7 Å². The molecule has 5 nitrogen and oxygen atoms in total. The lowest BCUT2D eigenvalue weighted by atomic mass is 10.0. The van der Waals surface area contributed by atoms with Crippen LogP contribution >= 0.6 is 0 Å². The maximum Gasteiger partial charge on any atom is 0.304 e. The first-order valence-corrected chi connectivity index (χ1v) is 4.89. The van der Waals surface area contributed by atoms with Crippen molar-refractivity contribution in [3.05, 3.63) is 48.3 Å². The third kappa shape index (κ3) is 2.25. The molecular formula is C11H11N3O2. The summed E-state index contributed by atoms with van der Waals surface area (Å²) in [5.74, 6) is -0.673. The maximum absolute atomic E-state index is 10.8. The monoisotopic (exact) mass is 217 g/mol. The van der Waals surface area contributed by atoms with Gasteiger partial charge in [0.15, 0.2) is 0 Å². The average Bonchev–Trinajstić information content (AvgIpc) is 2.80. The van der Waals surface area contributed by atoms with Crippen LogP contribution in [0.3, 0.4) is 0 Å². The van der Waals surface area contributed by atoms with Gasteiger partial charge in [0.2, 0.25) is 0 Å². The number of nitrogens with zero attached hydrogens (tertiary/aromatic N) is 2. The van der Waals surface area contributed by atoms with Gasteiger partial charge in [-0.15, -0.1) is 0 Å². The number of H-pyrrole nitrogens is 1. The summed E-state index contributed by atoms with van der Waals surface area (Å²) in [5, 5.41) is 8.87. The van der Waals surface area contributed by atoms with Crippen LogP contribution in [0.4, 0.5) is 0 Å². The van der Waals surface area contributed by atoms with E-state index in [9.17, 15) is 4.79 Å². The number of aromatic nitrogens is 3. The van der Waals surface area contributed by atoms with Crippen molar-refractivity contribution in [3.8, 4) is 0 Å². The van der Waals surface area contributed by atoms with Crippen molar-refractivity contribution < 1.29 is 9.90 Å². The number of rotatable bonds is 4. The lowest BCUT2D eigenvalue weighted by Gasteiger charge is -2.11. The summed E-state index contributed by atoms with van der Waals surface area (Å²) < 4.78 is 0. The van der Waals surface area contributed by atoms with Gasteiger partial charge in [-0.2, -0.15) is 0 Å². The normalized spacial score (nSPS) is 12.2. The van der Waals surface area contributed by atoms with Gasteiger partial charge in [0.05, 0.1) is 12.3 Å². The largest absolute Gasteiger partial charge is 0.481 e. The molecule has 0 fully saturated rings. The molecule has 0 aromatic carbocycles. The highest BCUT2D eigenvalue weighted by Gasteiger charge is 2.20. The van der Waals surface area contributed by atoms with E-state index < -0.39 is 5.97 Å². The summed E-state index contributed by atoms with van der Waals surface area (Å²) in [7, 11) is 0. The molecule has 82 valence electrons. The van der Waals surface area contributed by atoms with Gasteiger partial charge >= 0.3 is 5.97 Å². The van der Waals surface area contributed by atoms with Gasteiger partial charge < -0.3 is 10.1 Å². The molecule has 1 atom stereocenters. The zero-order chi connectivity index (χ0) is 11.4. The molecule has 16 heavy (non-hydrogen) atoms. The SMILES string of the molecule is O=C(O)CC(c1ncccn1)c1ccc[nH]1. The van der Waals surface area contributed by atoms with Crippen LogP contribution in [0.2, 0.25) is 0 Å². The van der Waals surface area contributed by atoms with Crippen LogP contribution in [0.25, 0.3) is 0 Å². The van der Waals surface area contributed by atoms with Crippen LogP contribution in [0, 0.1) is 0 Å². The fraction of sp³-hybridized carbons (Fsp3) is 0.182. The van der Waals surface area contributed by atoms with E-state index in [1.807, 2.05) is 12.1 Å². The van der Waals surface area contributed by atoms with Crippen LogP contribution in [-0.2, 0) is 4.79 Å². The summed E-state index contributed by atoms with van der Waals surface area (Å²) in [6.07, 6.45) is 4.96. The third-order valence-corrected chi connectivity index (χ3v) is 2.27. The summed E-state index contributed by atoms with van der Waals surface area (Å²) >= 11 is 0. The number of nitrogens with one attached hydrogen (secondary N) is 1. The maximum atomic E-state index is 10.8. The minimum atomic E-state index is -0.868. The second kappa shape index (κ2) is 4.57. The first kappa shape index (κ1) is 10.4. The molecule has 0 amide bonds. The van der Waals surface area contributed by atoms with E-state index in [2.05, 4.69) is 15.0 Å². The Balaban J connectivity index is 2.32. The predicted octanol–water partition coefficient (Wildman–Crippen LogP) is 1.41. The topological polar surface area (TPSA) is 78.9 Å². The standard InChI is InChI=1S/C11H11N3O2/c15-10(16)7-8(9-3-1-4-12-9)11-13-5-2-6-14-11/h1-6,8,12H,7H2,(H,15,16). The van der Waals surface area contributed by atoms with Gasteiger partial charge in [-0.1, -0.05) is 0 Å². The van der Waals surface area contributed by atoms with Crippen LogP contribution in [0.1, 0.15) is 23.9 Å². The molecule has 0 saturated heterocycles. The molecule has 2 heterocycles. The third-order valence-electron chi connectivity index (χ3n) is 2.27. The van der Waals surface area contributed by atoms with E-state index in [0.717, 1.165) is 5.69 Å². The van der Waals surface area contributed by atoms with E-state index in [1.165, 1.54) is 0 Å². The molecule has 0 aliphatic rings. The zero-order valence-electron chi connectivity index (χ0n) is 8.50. The van der Waals surface area contributed by atoms with Crippen molar-refractivity contribution in [1.82, 2.24) is 15.0 Å². The molecule has 5 heteroatoms. The summed E-state index contributed by atoms with van der Waals surface area (Å²) in [4.78, 5) is 22.0. The van der Waals surface area contributed by atoms with E-state index in [4.69, 9.17) is 5.11 Å². The van der Waals surface area contributed by atoms with Crippen molar-refractivity contribution in [2.75, 3.05) is 0 Å². The number of aromatic amines is 1. The molecule has 1 unspecified atom stereocenters. The van der Waals surface area contributed by atoms with Gasteiger partial charge in [0.1, 0.15) is 5.82 Å². The fourth-order valence-corrected chi connectivity index (χ4v) is 1.57. The van der Waals surface area contributed by atoms with Crippen molar-refractivity contribution in [2.24, 2.45) is 0 Å². The molecule has 0 aliphatic heterocycles. The molecule has 2 N–H and O–H groups in total. The molecule has 0 spiro atoms. The minimum absolute atomic E-state index is 0.0233. The van der Waals surface area contributed by atoms with E-state index in [0.29, 0.717) is 5.82 Å². The van der Waals surface area contributed by atoms with Crippen molar-refractivity contribution >= 4 is 5.97 Å². The first-order chi connectivity index (χ1) is 7.77. The van der Waals surface area contributed by atoms with Gasteiger partial charge in [0, 0.05) is 24.3 Å². The van der Waals surface area contributed by atoms with Gasteiger partial charge in [-0.25, -0.2) is 9.97 Å². The highest BCUT2D eigenvalue weighted by Crippen LogP contribution is 2.23. The van der Waals surface area contributed by atoms with Crippen molar-refractivity contribution in [1.29, 1.82) is 0 Å². The average molecular weight is 217 g/mol. The second-order valence-corrected chi connectivity index (χ2v) is 3.38. The summed E-state index contributed by atoms with van der Waals surface area (Å²) in [6, 6.07) is 5.37. The van der Waals surface area contributed by atoms with Crippen molar-refractivity contribution in [3.63, 3.8) is 0 Å². The number of hydrogen-bond donors (Lipinski definition) is 2. The summed E-state index contributed by atoms with van der Waals surface area (Å²) in [5.41, 5.74) is 0.814. The molecule has 0 bridgehead atoms. The zero-order valence-corrected chi connectivity index (χ0v) is 8.50. The lowest BCUT2D eigenvalue weighted by Crippen LogP contribution is -2.11. The van der Waals surface area contributed by atoms with Crippen LogP contribution in [0.15, 0.2) is 36.8 Å². The minimum Gasteiger partial charge on any atom is -0.481 e. The van der Waals surface area contributed by atoms with E-state index in [-0.39, 0.29) is 12.3 Å². The number of carboxylic acid groups (broad SMARTS) is 1. The van der Waals surface area contributed by atoms with Crippen molar-refractivity contribution in [2.45, 2.75) is 12.3 Å². The molecular weight excluding hydrogens is 206 g/mol. The smallest absolute Gasteiger partial charge is 0.304 e. The Morgan fingerprint density at radius 2 is 2.12 bits per heavy atom. The lowest BCUT2D eigenvalue weighted by molar-refractivity contribution is -0.137. The van der Waals surface area contributed by atoms with Gasteiger partial charge in [0.25, 0.3) is 0 Å². The number of aliphatic carboxylic acids is 1. The number of carbonyl (C=O) groups is 1.